The van der Waals surface area contributed by atoms with E-state index in [9.17, 15) is 14.3 Å². The maximum Gasteiger partial charge on any atom is 0.271 e. The first-order chi connectivity index (χ1) is 10.5. The quantitative estimate of drug-likeness (QED) is 0.671. The summed E-state index contributed by atoms with van der Waals surface area (Å²) in [4.78, 5) is 12.0. The number of hydrogen-bond donors (Lipinski definition) is 2. The zero-order valence-corrected chi connectivity index (χ0v) is 12.4. The Labute approximate surface area is 128 Å². The molecule has 0 aliphatic heterocycles. The molecule has 4 nitrogen and oxygen atoms in total. The highest BCUT2D eigenvalue weighted by atomic mass is 19.1. The van der Waals surface area contributed by atoms with Crippen LogP contribution < -0.4 is 5.43 Å². The van der Waals surface area contributed by atoms with Crippen molar-refractivity contribution in [2.45, 2.75) is 20.3 Å². The van der Waals surface area contributed by atoms with Gasteiger partial charge < -0.3 is 5.11 Å². The van der Waals surface area contributed by atoms with Crippen LogP contribution >= 0.6 is 0 Å². The molecule has 0 fully saturated rings. The highest BCUT2D eigenvalue weighted by Crippen LogP contribution is 2.20. The number of amides is 1. The Hall–Kier alpha value is -2.69. The Morgan fingerprint density at radius 1 is 1.23 bits per heavy atom. The maximum absolute atomic E-state index is 12.8. The predicted octanol–water partition coefficient (Wildman–Crippen LogP) is 3.38. The summed E-state index contributed by atoms with van der Waals surface area (Å²) in [6, 6.07) is 10.4. The minimum Gasteiger partial charge on any atom is -0.507 e. The molecule has 0 radical (unpaired) electrons. The zero-order valence-electron chi connectivity index (χ0n) is 12.4. The van der Waals surface area contributed by atoms with Crippen molar-refractivity contribution in [3.8, 4) is 5.75 Å². The number of aromatic hydroxyl groups is 1. The third kappa shape index (κ3) is 3.69. The molecule has 2 aromatic carbocycles. The molecule has 0 aromatic heterocycles. The van der Waals surface area contributed by atoms with Crippen LogP contribution in [-0.4, -0.2) is 16.7 Å². The number of halogens is 1. The van der Waals surface area contributed by atoms with Gasteiger partial charge in [0.05, 0.1) is 5.71 Å². The number of aryl methyl sites for hydroxylation is 1. The molecule has 5 heteroatoms. The van der Waals surface area contributed by atoms with E-state index in [2.05, 4.69) is 10.5 Å². The summed E-state index contributed by atoms with van der Waals surface area (Å²) in [6.45, 7) is 3.79. The number of nitrogens with one attached hydrogen (secondary N) is 1. The van der Waals surface area contributed by atoms with Crippen LogP contribution in [0.25, 0.3) is 0 Å². The topological polar surface area (TPSA) is 61.7 Å². The van der Waals surface area contributed by atoms with Gasteiger partial charge in [0, 0.05) is 11.1 Å². The lowest BCUT2D eigenvalue weighted by Gasteiger charge is -2.08. The molecule has 0 atom stereocenters. The second-order valence-electron chi connectivity index (χ2n) is 4.88. The molecule has 2 N–H and O–H groups in total. The third-order valence-electron chi connectivity index (χ3n) is 3.20. The lowest BCUT2D eigenvalue weighted by Crippen LogP contribution is -2.20. The van der Waals surface area contributed by atoms with Crippen LogP contribution in [0.2, 0.25) is 0 Å². The SMILES string of the molecule is CC/C(=N\NC(=O)c1ccc(F)cc1)c1cc(C)ccc1O. The fourth-order valence-corrected chi connectivity index (χ4v) is 1.99. The Morgan fingerprint density at radius 2 is 1.91 bits per heavy atom. The van der Waals surface area contributed by atoms with Gasteiger partial charge in [-0.3, -0.25) is 4.79 Å². The van der Waals surface area contributed by atoms with Crippen molar-refractivity contribution >= 4 is 11.6 Å². The molecular formula is C17H17FN2O2. The molecule has 2 rings (SSSR count). The smallest absolute Gasteiger partial charge is 0.271 e. The number of rotatable bonds is 4. The fraction of sp³-hybridized carbons (Fsp3) is 0.176. The van der Waals surface area contributed by atoms with Crippen molar-refractivity contribution in [3.05, 3.63) is 65.0 Å². The fourth-order valence-electron chi connectivity index (χ4n) is 1.99. The largest absolute Gasteiger partial charge is 0.507 e. The van der Waals surface area contributed by atoms with Gasteiger partial charge in [-0.1, -0.05) is 18.6 Å². The highest BCUT2D eigenvalue weighted by Gasteiger charge is 2.10. The van der Waals surface area contributed by atoms with Gasteiger partial charge >= 0.3 is 0 Å². The summed E-state index contributed by atoms with van der Waals surface area (Å²) in [6.07, 6.45) is 0.542. The number of phenols is 1. The molecule has 114 valence electrons. The van der Waals surface area contributed by atoms with Gasteiger partial charge in [-0.15, -0.1) is 0 Å². The summed E-state index contributed by atoms with van der Waals surface area (Å²) in [5, 5.41) is 14.0. The third-order valence-corrected chi connectivity index (χ3v) is 3.20. The molecule has 0 saturated heterocycles. The van der Waals surface area contributed by atoms with E-state index in [4.69, 9.17) is 0 Å². The van der Waals surface area contributed by atoms with E-state index in [1.54, 1.807) is 12.1 Å². The minimum atomic E-state index is -0.432. The Bertz CT molecular complexity index is 709. The molecule has 2 aromatic rings. The summed E-state index contributed by atoms with van der Waals surface area (Å²) >= 11 is 0. The van der Waals surface area contributed by atoms with E-state index < -0.39 is 11.7 Å². The summed E-state index contributed by atoms with van der Waals surface area (Å²) in [5.41, 5.74) is 4.88. The van der Waals surface area contributed by atoms with E-state index in [1.165, 1.54) is 24.3 Å². The minimum absolute atomic E-state index is 0.113. The number of hydrazone groups is 1. The first-order valence-electron chi connectivity index (χ1n) is 6.93. The number of carbonyl (C=O) groups is 1. The van der Waals surface area contributed by atoms with Crippen LogP contribution in [0, 0.1) is 12.7 Å². The second kappa shape index (κ2) is 6.85. The molecule has 0 saturated carbocycles. The van der Waals surface area contributed by atoms with Crippen molar-refractivity contribution in [1.82, 2.24) is 5.43 Å². The standard InChI is InChI=1S/C17H17FN2O2/c1-3-15(14-10-11(2)4-9-16(14)21)19-20-17(22)12-5-7-13(18)8-6-12/h4-10,21H,3H2,1-2H3,(H,20,22)/b19-15+. The highest BCUT2D eigenvalue weighted by molar-refractivity contribution is 6.04. The number of carbonyl (C=O) groups excluding carboxylic acids is 1. The van der Waals surface area contributed by atoms with E-state index >= 15 is 0 Å². The number of phenolic OH excluding ortho intramolecular Hbond substituents is 1. The average molecular weight is 300 g/mol. The van der Waals surface area contributed by atoms with Gasteiger partial charge in [0.25, 0.3) is 5.91 Å². The molecule has 1 amide bonds. The van der Waals surface area contributed by atoms with E-state index in [0.717, 1.165) is 5.56 Å². The monoisotopic (exact) mass is 300 g/mol. The van der Waals surface area contributed by atoms with Gasteiger partial charge in [-0.05, 0) is 49.7 Å². The predicted molar refractivity (Wildman–Crippen MR) is 83.5 cm³/mol. The number of benzene rings is 2. The van der Waals surface area contributed by atoms with Gasteiger partial charge in [-0.25, -0.2) is 9.82 Å². The van der Waals surface area contributed by atoms with E-state index in [0.29, 0.717) is 23.3 Å². The Kier molecular flexibility index (Phi) is 4.88. The van der Waals surface area contributed by atoms with Gasteiger partial charge in [-0.2, -0.15) is 5.10 Å². The zero-order chi connectivity index (χ0) is 16.1. The van der Waals surface area contributed by atoms with Crippen LogP contribution in [0.15, 0.2) is 47.6 Å². The number of hydrogen-bond acceptors (Lipinski definition) is 3. The molecule has 0 bridgehead atoms. The first-order valence-corrected chi connectivity index (χ1v) is 6.93. The van der Waals surface area contributed by atoms with Crippen molar-refractivity contribution in [2.75, 3.05) is 0 Å². The molecule has 0 aliphatic rings. The van der Waals surface area contributed by atoms with Gasteiger partial charge in [0.1, 0.15) is 11.6 Å². The van der Waals surface area contributed by atoms with E-state index in [-0.39, 0.29) is 5.75 Å². The first kappa shape index (κ1) is 15.7. The summed E-state index contributed by atoms with van der Waals surface area (Å²) < 4.78 is 12.8. The molecule has 0 unspecified atom stereocenters. The number of nitrogens with zero attached hydrogens (tertiary/aromatic N) is 1. The van der Waals surface area contributed by atoms with Crippen molar-refractivity contribution in [2.24, 2.45) is 5.10 Å². The summed E-state index contributed by atoms with van der Waals surface area (Å²) in [7, 11) is 0. The van der Waals surface area contributed by atoms with Gasteiger partial charge in [0.2, 0.25) is 0 Å². The van der Waals surface area contributed by atoms with Crippen LogP contribution in [-0.2, 0) is 0 Å². The van der Waals surface area contributed by atoms with Crippen molar-refractivity contribution in [3.63, 3.8) is 0 Å². The lowest BCUT2D eigenvalue weighted by atomic mass is 10.0. The normalized spacial score (nSPS) is 11.3. The molecular weight excluding hydrogens is 283 g/mol. The van der Waals surface area contributed by atoms with Crippen molar-refractivity contribution < 1.29 is 14.3 Å². The van der Waals surface area contributed by atoms with Crippen LogP contribution in [0.3, 0.4) is 0 Å². The van der Waals surface area contributed by atoms with Crippen LogP contribution in [0.1, 0.15) is 34.8 Å². The van der Waals surface area contributed by atoms with Gasteiger partial charge in [0.15, 0.2) is 0 Å². The molecule has 0 spiro atoms. The lowest BCUT2D eigenvalue weighted by molar-refractivity contribution is 0.0954. The molecule has 22 heavy (non-hydrogen) atoms. The molecule has 0 heterocycles. The average Bonchev–Trinajstić information content (AvgIpc) is 2.51. The van der Waals surface area contributed by atoms with Crippen molar-refractivity contribution in [1.29, 1.82) is 0 Å². The second-order valence-corrected chi connectivity index (χ2v) is 4.88. The Morgan fingerprint density at radius 3 is 2.55 bits per heavy atom. The molecule has 0 aliphatic carbocycles. The van der Waals surface area contributed by atoms with Crippen LogP contribution in [0.4, 0.5) is 4.39 Å². The van der Waals surface area contributed by atoms with E-state index in [1.807, 2.05) is 19.9 Å². The summed E-state index contributed by atoms with van der Waals surface area (Å²) in [5.74, 6) is -0.723. The maximum atomic E-state index is 12.8. The van der Waals surface area contributed by atoms with Crippen LogP contribution in [0.5, 0.6) is 5.75 Å². The Balaban J connectivity index is 2.20.